The summed E-state index contributed by atoms with van der Waals surface area (Å²) >= 11 is 0. The number of imidazole rings is 1. The second kappa shape index (κ2) is 7.61. The number of benzene rings is 1. The Morgan fingerprint density at radius 1 is 1.37 bits per heavy atom. The molecule has 142 valence electrons. The standard InChI is InChI=1S/C19H22N4O4/c1-3-16(24)20-11(2)18(25)23-8-7-14-15(10-23)22-17(21-14)12-5-4-6-13(9-12)19(26)27/h4-6,9,11H,3,7-8,10H2,1-2H3,(H,20,24)(H,21,22)(H,26,27)/t11-/m1/s1. The summed E-state index contributed by atoms with van der Waals surface area (Å²) in [5, 5.41) is 11.8. The minimum atomic E-state index is -0.993. The minimum Gasteiger partial charge on any atom is -0.478 e. The van der Waals surface area contributed by atoms with Crippen LogP contribution < -0.4 is 5.32 Å². The highest BCUT2D eigenvalue weighted by Crippen LogP contribution is 2.24. The largest absolute Gasteiger partial charge is 0.478 e. The number of aromatic nitrogens is 2. The SMILES string of the molecule is CCC(=O)N[C@H](C)C(=O)N1CCc2nc(-c3cccc(C(=O)O)c3)[nH]c2C1. The third kappa shape index (κ3) is 3.99. The average molecular weight is 370 g/mol. The normalized spacial score (nSPS) is 14.4. The first-order chi connectivity index (χ1) is 12.9. The van der Waals surface area contributed by atoms with E-state index in [1.165, 1.54) is 6.07 Å². The van der Waals surface area contributed by atoms with Gasteiger partial charge in [0.25, 0.3) is 0 Å². The van der Waals surface area contributed by atoms with Crippen LogP contribution in [0.4, 0.5) is 0 Å². The molecule has 1 atom stereocenters. The van der Waals surface area contributed by atoms with E-state index in [1.54, 1.807) is 36.9 Å². The Hall–Kier alpha value is -3.16. The number of hydrogen-bond donors (Lipinski definition) is 3. The van der Waals surface area contributed by atoms with E-state index in [0.29, 0.717) is 37.3 Å². The Kier molecular flexibility index (Phi) is 5.25. The van der Waals surface area contributed by atoms with Gasteiger partial charge in [-0.1, -0.05) is 19.1 Å². The monoisotopic (exact) mass is 370 g/mol. The van der Waals surface area contributed by atoms with Crippen LogP contribution in [0.15, 0.2) is 24.3 Å². The van der Waals surface area contributed by atoms with E-state index >= 15 is 0 Å². The number of rotatable bonds is 5. The maximum Gasteiger partial charge on any atom is 0.335 e. The molecule has 0 aliphatic carbocycles. The fraction of sp³-hybridized carbons (Fsp3) is 0.368. The molecule has 1 aliphatic rings. The smallest absolute Gasteiger partial charge is 0.335 e. The molecule has 1 aromatic heterocycles. The lowest BCUT2D eigenvalue weighted by atomic mass is 10.1. The topological polar surface area (TPSA) is 115 Å². The van der Waals surface area contributed by atoms with Crippen LogP contribution in [0.5, 0.6) is 0 Å². The van der Waals surface area contributed by atoms with Crippen molar-refractivity contribution in [3.8, 4) is 11.4 Å². The first-order valence-corrected chi connectivity index (χ1v) is 8.88. The summed E-state index contributed by atoms with van der Waals surface area (Å²) in [6, 6.07) is 5.99. The Balaban J connectivity index is 1.76. The van der Waals surface area contributed by atoms with Crippen LogP contribution in [0, 0.1) is 0 Å². The lowest BCUT2D eigenvalue weighted by molar-refractivity contribution is -0.136. The third-order valence-corrected chi connectivity index (χ3v) is 4.60. The maximum absolute atomic E-state index is 12.6. The fourth-order valence-electron chi connectivity index (χ4n) is 3.10. The molecule has 0 radical (unpaired) electrons. The van der Waals surface area contributed by atoms with Crippen LogP contribution in [0.1, 0.15) is 42.0 Å². The van der Waals surface area contributed by atoms with E-state index in [-0.39, 0.29) is 17.4 Å². The van der Waals surface area contributed by atoms with Crippen molar-refractivity contribution < 1.29 is 19.5 Å². The summed E-state index contributed by atoms with van der Waals surface area (Å²) in [6.07, 6.45) is 0.936. The third-order valence-electron chi connectivity index (χ3n) is 4.60. The van der Waals surface area contributed by atoms with Gasteiger partial charge < -0.3 is 20.3 Å². The summed E-state index contributed by atoms with van der Waals surface area (Å²) in [7, 11) is 0. The Morgan fingerprint density at radius 3 is 2.85 bits per heavy atom. The molecule has 0 saturated heterocycles. The number of amides is 2. The van der Waals surface area contributed by atoms with Crippen LogP contribution in [-0.2, 0) is 22.6 Å². The van der Waals surface area contributed by atoms with Crippen molar-refractivity contribution in [1.82, 2.24) is 20.2 Å². The quantitative estimate of drug-likeness (QED) is 0.739. The fourth-order valence-corrected chi connectivity index (χ4v) is 3.10. The van der Waals surface area contributed by atoms with Crippen molar-refractivity contribution in [3.63, 3.8) is 0 Å². The molecule has 3 N–H and O–H groups in total. The van der Waals surface area contributed by atoms with Crippen LogP contribution in [0.2, 0.25) is 0 Å². The van der Waals surface area contributed by atoms with Crippen molar-refractivity contribution >= 4 is 17.8 Å². The highest BCUT2D eigenvalue weighted by Gasteiger charge is 2.27. The molecule has 8 nitrogen and oxygen atoms in total. The first-order valence-electron chi connectivity index (χ1n) is 8.88. The number of H-pyrrole nitrogens is 1. The van der Waals surface area contributed by atoms with E-state index in [2.05, 4.69) is 15.3 Å². The molecule has 0 unspecified atom stereocenters. The Labute approximate surface area is 156 Å². The van der Waals surface area contributed by atoms with Gasteiger partial charge in [0.1, 0.15) is 11.9 Å². The van der Waals surface area contributed by atoms with E-state index in [0.717, 1.165) is 11.4 Å². The molecule has 3 rings (SSSR count). The van der Waals surface area contributed by atoms with Crippen LogP contribution >= 0.6 is 0 Å². The second-order valence-electron chi connectivity index (χ2n) is 6.55. The highest BCUT2D eigenvalue weighted by atomic mass is 16.4. The van der Waals surface area contributed by atoms with Gasteiger partial charge in [-0.15, -0.1) is 0 Å². The number of aromatic amines is 1. The summed E-state index contributed by atoms with van der Waals surface area (Å²) in [5.41, 5.74) is 2.59. The lowest BCUT2D eigenvalue weighted by Gasteiger charge is -2.29. The average Bonchev–Trinajstić information content (AvgIpc) is 3.10. The van der Waals surface area contributed by atoms with Crippen molar-refractivity contribution in [2.75, 3.05) is 6.54 Å². The summed E-state index contributed by atoms with van der Waals surface area (Å²) in [5.74, 6) is -0.694. The van der Waals surface area contributed by atoms with Gasteiger partial charge in [-0.05, 0) is 19.1 Å². The number of nitrogens with one attached hydrogen (secondary N) is 2. The zero-order valence-corrected chi connectivity index (χ0v) is 15.3. The molecular formula is C19H22N4O4. The predicted octanol–water partition coefficient (Wildman–Crippen LogP) is 1.57. The van der Waals surface area contributed by atoms with Crippen molar-refractivity contribution in [2.24, 2.45) is 0 Å². The molecular weight excluding hydrogens is 348 g/mol. The summed E-state index contributed by atoms with van der Waals surface area (Å²) in [4.78, 5) is 44.7. The number of carboxylic acids is 1. The van der Waals surface area contributed by atoms with Gasteiger partial charge in [0.05, 0.1) is 23.5 Å². The lowest BCUT2D eigenvalue weighted by Crippen LogP contribution is -2.48. The number of carbonyl (C=O) groups is 3. The molecule has 8 heteroatoms. The molecule has 2 aromatic rings. The molecule has 1 aliphatic heterocycles. The molecule has 0 spiro atoms. The number of nitrogens with zero attached hydrogens (tertiary/aromatic N) is 2. The van der Waals surface area contributed by atoms with Gasteiger partial charge in [-0.2, -0.15) is 0 Å². The van der Waals surface area contributed by atoms with Crippen LogP contribution in [0.25, 0.3) is 11.4 Å². The molecule has 27 heavy (non-hydrogen) atoms. The minimum absolute atomic E-state index is 0.133. The molecule has 2 heterocycles. The zero-order chi connectivity index (χ0) is 19.6. The van der Waals surface area contributed by atoms with Gasteiger partial charge in [-0.3, -0.25) is 9.59 Å². The maximum atomic E-state index is 12.6. The molecule has 0 saturated carbocycles. The van der Waals surface area contributed by atoms with E-state index < -0.39 is 12.0 Å². The van der Waals surface area contributed by atoms with Crippen molar-refractivity contribution in [2.45, 2.75) is 39.3 Å². The number of carboxylic acid groups (broad SMARTS) is 1. The van der Waals surface area contributed by atoms with Gasteiger partial charge in [0.15, 0.2) is 0 Å². The number of fused-ring (bicyclic) bond motifs is 1. The molecule has 2 amide bonds. The van der Waals surface area contributed by atoms with Gasteiger partial charge in [0, 0.05) is 24.9 Å². The van der Waals surface area contributed by atoms with Gasteiger partial charge >= 0.3 is 5.97 Å². The van der Waals surface area contributed by atoms with Gasteiger partial charge in [0.2, 0.25) is 11.8 Å². The number of aromatic carboxylic acids is 1. The summed E-state index contributed by atoms with van der Waals surface area (Å²) < 4.78 is 0. The molecule has 0 fully saturated rings. The Bertz CT molecular complexity index is 890. The predicted molar refractivity (Wildman–Crippen MR) is 98.0 cm³/mol. The van der Waals surface area contributed by atoms with E-state index in [1.807, 2.05) is 0 Å². The first kappa shape index (κ1) is 18.6. The second-order valence-corrected chi connectivity index (χ2v) is 6.55. The van der Waals surface area contributed by atoms with E-state index in [9.17, 15) is 14.4 Å². The van der Waals surface area contributed by atoms with Crippen molar-refractivity contribution in [1.29, 1.82) is 0 Å². The van der Waals surface area contributed by atoms with Gasteiger partial charge in [-0.25, -0.2) is 9.78 Å². The molecule has 1 aromatic carbocycles. The van der Waals surface area contributed by atoms with Crippen LogP contribution in [0.3, 0.4) is 0 Å². The zero-order valence-electron chi connectivity index (χ0n) is 15.3. The van der Waals surface area contributed by atoms with Crippen molar-refractivity contribution in [3.05, 3.63) is 41.2 Å². The number of carbonyl (C=O) groups excluding carboxylic acids is 2. The van der Waals surface area contributed by atoms with Crippen LogP contribution in [-0.4, -0.2) is 50.3 Å². The summed E-state index contributed by atoms with van der Waals surface area (Å²) in [6.45, 7) is 4.33. The van der Waals surface area contributed by atoms with E-state index in [4.69, 9.17) is 5.11 Å². The number of hydrogen-bond acceptors (Lipinski definition) is 4. The molecule has 0 bridgehead atoms. The Morgan fingerprint density at radius 2 is 2.15 bits per heavy atom. The highest BCUT2D eigenvalue weighted by molar-refractivity contribution is 5.89.